The Hall–Kier alpha value is -2.98. The normalized spacial score (nSPS) is 15.1. The second-order valence-electron chi connectivity index (χ2n) is 7.38. The van der Waals surface area contributed by atoms with Crippen molar-refractivity contribution in [3.05, 3.63) is 64.2 Å². The first-order valence-electron chi connectivity index (χ1n) is 9.51. The Kier molecular flexibility index (Phi) is 6.37. The number of nitrogens with zero attached hydrogens (tertiary/aromatic N) is 3. The summed E-state index contributed by atoms with van der Waals surface area (Å²) in [5.41, 5.74) is 1.44. The fraction of sp³-hybridized carbons (Fsp3) is 0.350. The lowest BCUT2D eigenvalue weighted by molar-refractivity contribution is -0.384. The molecule has 9 nitrogen and oxygen atoms in total. The molecule has 1 fully saturated rings. The van der Waals surface area contributed by atoms with E-state index in [2.05, 4.69) is 4.72 Å². The van der Waals surface area contributed by atoms with Gasteiger partial charge in [-0.15, -0.1) is 0 Å². The number of likely N-dealkylation sites (tertiary alicyclic amines) is 1. The van der Waals surface area contributed by atoms with Crippen LogP contribution in [-0.2, 0) is 10.0 Å². The zero-order valence-electron chi connectivity index (χ0n) is 16.8. The molecule has 1 aliphatic rings. The van der Waals surface area contributed by atoms with Crippen molar-refractivity contribution in [1.82, 2.24) is 9.62 Å². The summed E-state index contributed by atoms with van der Waals surface area (Å²) in [5.74, 6) is -0.0722. The Morgan fingerprint density at radius 3 is 2.13 bits per heavy atom. The van der Waals surface area contributed by atoms with Crippen LogP contribution < -0.4 is 9.62 Å². The summed E-state index contributed by atoms with van der Waals surface area (Å²) < 4.78 is 27.7. The number of hydrogen-bond donors (Lipinski definition) is 1. The number of nitrogens with one attached hydrogen (secondary N) is 1. The second-order valence-corrected chi connectivity index (χ2v) is 9.09. The molecule has 0 aliphatic carbocycles. The number of carbonyl (C=O) groups excluding carboxylic acids is 1. The van der Waals surface area contributed by atoms with Crippen LogP contribution in [0.15, 0.2) is 53.4 Å². The van der Waals surface area contributed by atoms with E-state index in [1.807, 2.05) is 31.1 Å². The van der Waals surface area contributed by atoms with Gasteiger partial charge in [-0.05, 0) is 49.2 Å². The number of anilines is 1. The summed E-state index contributed by atoms with van der Waals surface area (Å²) >= 11 is 0. The fourth-order valence-corrected chi connectivity index (χ4v) is 4.62. The van der Waals surface area contributed by atoms with Gasteiger partial charge in [0.25, 0.3) is 11.6 Å². The first-order chi connectivity index (χ1) is 14.2. The largest absolute Gasteiger partial charge is 0.378 e. The predicted molar refractivity (Wildman–Crippen MR) is 113 cm³/mol. The average molecular weight is 433 g/mol. The van der Waals surface area contributed by atoms with E-state index in [0.717, 1.165) is 17.8 Å². The third-order valence-electron chi connectivity index (χ3n) is 5.09. The number of non-ortho nitro benzene ring substituents is 1. The molecule has 160 valence electrons. The van der Waals surface area contributed by atoms with Gasteiger partial charge in [-0.3, -0.25) is 14.9 Å². The molecule has 0 spiro atoms. The van der Waals surface area contributed by atoms with Crippen molar-refractivity contribution in [2.45, 2.75) is 23.8 Å². The molecule has 2 aromatic carbocycles. The molecule has 0 atom stereocenters. The van der Waals surface area contributed by atoms with Gasteiger partial charge in [-0.2, -0.15) is 0 Å². The second kappa shape index (κ2) is 8.80. The molecule has 2 aromatic rings. The maximum absolute atomic E-state index is 12.7. The Bertz CT molecular complexity index is 1010. The van der Waals surface area contributed by atoms with Gasteiger partial charge in [0, 0.05) is 56.6 Å². The van der Waals surface area contributed by atoms with Gasteiger partial charge < -0.3 is 9.80 Å². The number of hydrogen-bond acceptors (Lipinski definition) is 6. The molecule has 10 heteroatoms. The van der Waals surface area contributed by atoms with Crippen LogP contribution in [0.1, 0.15) is 23.2 Å². The van der Waals surface area contributed by atoms with Crippen molar-refractivity contribution < 1.29 is 18.1 Å². The summed E-state index contributed by atoms with van der Waals surface area (Å²) in [6.45, 7) is 0.892. The van der Waals surface area contributed by atoms with Crippen molar-refractivity contribution >= 4 is 27.3 Å². The minimum Gasteiger partial charge on any atom is -0.378 e. The molecule has 0 radical (unpaired) electrons. The number of sulfonamides is 1. The van der Waals surface area contributed by atoms with E-state index in [4.69, 9.17) is 0 Å². The summed E-state index contributed by atoms with van der Waals surface area (Å²) in [4.78, 5) is 26.5. The number of nitro benzene ring substituents is 1. The predicted octanol–water partition coefficient (Wildman–Crippen LogP) is 2.24. The smallest absolute Gasteiger partial charge is 0.269 e. The number of benzene rings is 2. The van der Waals surface area contributed by atoms with Crippen LogP contribution in [-0.4, -0.2) is 57.4 Å². The molecule has 0 saturated carbocycles. The highest BCUT2D eigenvalue weighted by molar-refractivity contribution is 7.89. The molecular weight excluding hydrogens is 408 g/mol. The van der Waals surface area contributed by atoms with E-state index < -0.39 is 14.9 Å². The number of piperidine rings is 1. The van der Waals surface area contributed by atoms with Crippen LogP contribution >= 0.6 is 0 Å². The molecule has 0 bridgehead atoms. The Morgan fingerprint density at radius 2 is 1.63 bits per heavy atom. The number of rotatable bonds is 6. The lowest BCUT2D eigenvalue weighted by Crippen LogP contribution is -2.46. The minimum absolute atomic E-state index is 0.0208. The molecule has 1 saturated heterocycles. The highest BCUT2D eigenvalue weighted by Crippen LogP contribution is 2.20. The van der Waals surface area contributed by atoms with Crippen LogP contribution in [0.25, 0.3) is 0 Å². The summed E-state index contributed by atoms with van der Waals surface area (Å²) in [6.07, 6.45) is 0.988. The first-order valence-corrected chi connectivity index (χ1v) is 11.0. The van der Waals surface area contributed by atoms with Crippen LogP contribution in [0, 0.1) is 10.1 Å². The molecular formula is C20H24N4O5S. The number of amides is 1. The van der Waals surface area contributed by atoms with Crippen LogP contribution in [0.2, 0.25) is 0 Å². The van der Waals surface area contributed by atoms with Crippen molar-refractivity contribution in [3.8, 4) is 0 Å². The van der Waals surface area contributed by atoms with Crippen LogP contribution in [0.3, 0.4) is 0 Å². The van der Waals surface area contributed by atoms with Gasteiger partial charge in [-0.25, -0.2) is 13.1 Å². The zero-order chi connectivity index (χ0) is 21.9. The summed E-state index contributed by atoms with van der Waals surface area (Å²) in [7, 11) is 0.0739. The quantitative estimate of drug-likeness (QED) is 0.553. The summed E-state index contributed by atoms with van der Waals surface area (Å²) in [5, 5.41) is 10.7. The standard InChI is InChI=1S/C20H24N4O5S/c1-22(2)17-5-3-15(4-6-17)20(25)23-13-11-16(12-14-23)21-30(28,29)19-9-7-18(8-10-19)24(26)27/h3-10,16,21H,11-14H2,1-2H3. The first kappa shape index (κ1) is 21.7. The highest BCUT2D eigenvalue weighted by atomic mass is 32.2. The third kappa shape index (κ3) is 4.95. The summed E-state index contributed by atoms with van der Waals surface area (Å²) in [6, 6.07) is 11.8. The SMILES string of the molecule is CN(C)c1ccc(C(=O)N2CCC(NS(=O)(=O)c3ccc([N+](=O)[O-])cc3)CC2)cc1. The maximum Gasteiger partial charge on any atom is 0.269 e. The topological polar surface area (TPSA) is 113 Å². The van der Waals surface area contributed by atoms with E-state index in [-0.39, 0.29) is 22.5 Å². The minimum atomic E-state index is -3.79. The van der Waals surface area contributed by atoms with Gasteiger partial charge in [-0.1, -0.05) is 0 Å². The molecule has 30 heavy (non-hydrogen) atoms. The Balaban J connectivity index is 1.58. The zero-order valence-corrected chi connectivity index (χ0v) is 17.6. The molecule has 0 aromatic heterocycles. The van der Waals surface area contributed by atoms with Crippen molar-refractivity contribution in [2.24, 2.45) is 0 Å². The van der Waals surface area contributed by atoms with Crippen LogP contribution in [0.5, 0.6) is 0 Å². The molecule has 1 heterocycles. The molecule has 0 unspecified atom stereocenters. The third-order valence-corrected chi connectivity index (χ3v) is 6.63. The lowest BCUT2D eigenvalue weighted by Gasteiger charge is -2.32. The van der Waals surface area contributed by atoms with Gasteiger partial charge >= 0.3 is 0 Å². The van der Waals surface area contributed by atoms with Crippen molar-refractivity contribution in [2.75, 3.05) is 32.1 Å². The molecule has 1 N–H and O–H groups in total. The van der Waals surface area contributed by atoms with E-state index >= 15 is 0 Å². The maximum atomic E-state index is 12.7. The van der Waals surface area contributed by atoms with E-state index in [9.17, 15) is 23.3 Å². The highest BCUT2D eigenvalue weighted by Gasteiger charge is 2.27. The van der Waals surface area contributed by atoms with E-state index in [0.29, 0.717) is 31.5 Å². The Labute approximate surface area is 175 Å². The van der Waals surface area contributed by atoms with Gasteiger partial charge in [0.1, 0.15) is 0 Å². The van der Waals surface area contributed by atoms with E-state index in [1.54, 1.807) is 17.0 Å². The van der Waals surface area contributed by atoms with Crippen LogP contribution in [0.4, 0.5) is 11.4 Å². The van der Waals surface area contributed by atoms with Gasteiger partial charge in [0.2, 0.25) is 10.0 Å². The fourth-order valence-electron chi connectivity index (χ4n) is 3.32. The van der Waals surface area contributed by atoms with E-state index in [1.165, 1.54) is 12.1 Å². The Morgan fingerprint density at radius 1 is 1.07 bits per heavy atom. The number of carbonyl (C=O) groups is 1. The lowest BCUT2D eigenvalue weighted by atomic mass is 10.0. The molecule has 1 amide bonds. The number of nitro groups is 1. The van der Waals surface area contributed by atoms with Gasteiger partial charge in [0.05, 0.1) is 9.82 Å². The molecule has 1 aliphatic heterocycles. The average Bonchev–Trinajstić information content (AvgIpc) is 2.73. The van der Waals surface area contributed by atoms with Crippen molar-refractivity contribution in [1.29, 1.82) is 0 Å². The van der Waals surface area contributed by atoms with Crippen molar-refractivity contribution in [3.63, 3.8) is 0 Å². The molecule has 3 rings (SSSR count). The monoisotopic (exact) mass is 432 g/mol. The van der Waals surface area contributed by atoms with Gasteiger partial charge in [0.15, 0.2) is 0 Å².